The fourth-order valence-electron chi connectivity index (χ4n) is 3.22. The third kappa shape index (κ3) is 4.15. The second-order valence-electron chi connectivity index (χ2n) is 6.50. The maximum Gasteiger partial charge on any atom is 0.279 e. The molecule has 0 saturated carbocycles. The smallest absolute Gasteiger partial charge is 0.279 e. The molecule has 3 aromatic rings. The molecule has 5 nitrogen and oxygen atoms in total. The van der Waals surface area contributed by atoms with Crippen LogP contribution in [0.1, 0.15) is 25.0 Å². The molecule has 3 rings (SSSR count). The van der Waals surface area contributed by atoms with Gasteiger partial charge in [0.15, 0.2) is 0 Å². The molecule has 0 spiro atoms. The largest absolute Gasteiger partial charge is 0.396 e. The lowest BCUT2D eigenvalue weighted by Crippen LogP contribution is -2.21. The number of benzene rings is 2. The Kier molecular flexibility index (Phi) is 6.16. The van der Waals surface area contributed by atoms with Crippen molar-refractivity contribution in [3.63, 3.8) is 0 Å². The average Bonchev–Trinajstić information content (AvgIpc) is 2.70. The van der Waals surface area contributed by atoms with Crippen LogP contribution in [-0.4, -0.2) is 28.6 Å². The summed E-state index contributed by atoms with van der Waals surface area (Å²) >= 11 is 0. The number of aliphatic hydroxyl groups excluding tert-OH is 1. The first-order valence-corrected chi connectivity index (χ1v) is 9.03. The maximum absolute atomic E-state index is 12.7. The Balaban J connectivity index is 1.89. The van der Waals surface area contributed by atoms with E-state index < -0.39 is 0 Å². The van der Waals surface area contributed by atoms with E-state index in [1.165, 1.54) is 4.68 Å². The van der Waals surface area contributed by atoms with Gasteiger partial charge in [-0.2, -0.15) is 9.78 Å². The zero-order chi connectivity index (χ0) is 19.2. The van der Waals surface area contributed by atoms with E-state index in [9.17, 15) is 4.79 Å². The minimum atomic E-state index is -0.135. The number of ether oxygens (including phenoxy) is 1. The summed E-state index contributed by atoms with van der Waals surface area (Å²) in [5.74, 6) is 0.161. The first-order valence-electron chi connectivity index (χ1n) is 9.03. The van der Waals surface area contributed by atoms with Crippen LogP contribution >= 0.6 is 0 Å². The number of nitrogens with zero attached hydrogens (tertiary/aromatic N) is 2. The van der Waals surface area contributed by atoms with Crippen molar-refractivity contribution in [1.82, 2.24) is 9.78 Å². The lowest BCUT2D eigenvalue weighted by molar-refractivity contribution is 0.0740. The van der Waals surface area contributed by atoms with Gasteiger partial charge in [0, 0.05) is 25.0 Å². The lowest BCUT2D eigenvalue weighted by Gasteiger charge is -2.21. The Bertz CT molecular complexity index is 977. The van der Waals surface area contributed by atoms with Crippen molar-refractivity contribution in [2.75, 3.05) is 13.7 Å². The van der Waals surface area contributed by atoms with Crippen molar-refractivity contribution in [3.05, 3.63) is 82.8 Å². The molecule has 1 heterocycles. The molecular formula is C22H24N2O3. The Morgan fingerprint density at radius 3 is 2.63 bits per heavy atom. The molecule has 1 N–H and O–H groups in total. The lowest BCUT2D eigenvalue weighted by atomic mass is 9.96. The molecule has 0 radical (unpaired) electrons. The van der Waals surface area contributed by atoms with Gasteiger partial charge >= 0.3 is 0 Å². The standard InChI is InChI=1S/C22H24N2O3/c1-16(7-5-6-14-25)21(27-2)17-10-12-19(13-11-17)24-22(26)20-9-4-3-8-18(20)15-23-24/h3-5,7-13,15-16,21,25H,6,14H2,1-2H3/b7-5+/t16-,21+/m1/s1. The van der Waals surface area contributed by atoms with Crippen molar-refractivity contribution >= 4 is 10.8 Å². The Morgan fingerprint density at radius 2 is 1.93 bits per heavy atom. The van der Waals surface area contributed by atoms with Crippen LogP contribution in [0.4, 0.5) is 0 Å². The van der Waals surface area contributed by atoms with Crippen LogP contribution in [0, 0.1) is 5.92 Å². The van der Waals surface area contributed by atoms with Crippen LogP contribution < -0.4 is 5.56 Å². The van der Waals surface area contributed by atoms with Gasteiger partial charge in [-0.25, -0.2) is 0 Å². The van der Waals surface area contributed by atoms with Crippen LogP contribution in [0.25, 0.3) is 16.5 Å². The van der Waals surface area contributed by atoms with Gasteiger partial charge in [-0.05, 0) is 30.2 Å². The highest BCUT2D eigenvalue weighted by Gasteiger charge is 2.17. The van der Waals surface area contributed by atoms with Crippen molar-refractivity contribution < 1.29 is 9.84 Å². The third-order valence-electron chi connectivity index (χ3n) is 4.63. The second-order valence-corrected chi connectivity index (χ2v) is 6.50. The molecule has 0 aliphatic carbocycles. The molecule has 27 heavy (non-hydrogen) atoms. The van der Waals surface area contributed by atoms with Gasteiger partial charge in [0.2, 0.25) is 0 Å². The van der Waals surface area contributed by atoms with Gasteiger partial charge in [-0.3, -0.25) is 4.79 Å². The summed E-state index contributed by atoms with van der Waals surface area (Å²) in [6.45, 7) is 2.22. The molecule has 5 heteroatoms. The Hall–Kier alpha value is -2.76. The highest BCUT2D eigenvalue weighted by Crippen LogP contribution is 2.27. The fraction of sp³-hybridized carbons (Fsp3) is 0.273. The quantitative estimate of drug-likeness (QED) is 0.650. The number of aromatic nitrogens is 2. The van der Waals surface area contributed by atoms with Crippen LogP contribution in [0.2, 0.25) is 0 Å². The molecule has 0 aliphatic heterocycles. The number of aliphatic hydroxyl groups is 1. The summed E-state index contributed by atoms with van der Waals surface area (Å²) in [4.78, 5) is 12.7. The zero-order valence-corrected chi connectivity index (χ0v) is 15.6. The molecule has 140 valence electrons. The molecule has 0 aliphatic rings. The first kappa shape index (κ1) is 19.0. The molecule has 1 aromatic heterocycles. The van der Waals surface area contributed by atoms with Crippen molar-refractivity contribution in [1.29, 1.82) is 0 Å². The summed E-state index contributed by atoms with van der Waals surface area (Å²) in [6.07, 6.45) is 6.25. The van der Waals surface area contributed by atoms with Crippen LogP contribution in [0.5, 0.6) is 0 Å². The van der Waals surface area contributed by atoms with E-state index >= 15 is 0 Å². The number of hydrogen-bond acceptors (Lipinski definition) is 4. The highest BCUT2D eigenvalue weighted by atomic mass is 16.5. The molecular weight excluding hydrogens is 340 g/mol. The molecule has 2 aromatic carbocycles. The summed E-state index contributed by atoms with van der Waals surface area (Å²) in [5.41, 5.74) is 1.61. The van der Waals surface area contributed by atoms with Gasteiger partial charge in [-0.1, -0.05) is 49.4 Å². The number of hydrogen-bond donors (Lipinski definition) is 1. The molecule has 0 unspecified atom stereocenters. The van der Waals surface area contributed by atoms with Gasteiger partial charge in [0.25, 0.3) is 5.56 Å². The predicted octanol–water partition coefficient (Wildman–Crippen LogP) is 3.65. The number of fused-ring (bicyclic) bond motifs is 1. The summed E-state index contributed by atoms with van der Waals surface area (Å²) < 4.78 is 7.07. The molecule has 0 bridgehead atoms. The van der Waals surface area contributed by atoms with E-state index in [2.05, 4.69) is 12.0 Å². The van der Waals surface area contributed by atoms with E-state index in [0.29, 0.717) is 17.5 Å². The molecule has 2 atom stereocenters. The summed E-state index contributed by atoms with van der Waals surface area (Å²) in [5, 5.41) is 14.7. The van der Waals surface area contributed by atoms with E-state index in [1.54, 1.807) is 13.3 Å². The topological polar surface area (TPSA) is 64.4 Å². The zero-order valence-electron chi connectivity index (χ0n) is 15.6. The molecule has 0 saturated heterocycles. The average molecular weight is 364 g/mol. The van der Waals surface area contributed by atoms with E-state index in [-0.39, 0.29) is 24.2 Å². The van der Waals surface area contributed by atoms with E-state index in [0.717, 1.165) is 10.9 Å². The van der Waals surface area contributed by atoms with Gasteiger partial charge in [-0.15, -0.1) is 0 Å². The first-order chi connectivity index (χ1) is 13.2. The van der Waals surface area contributed by atoms with Crippen molar-refractivity contribution in [2.24, 2.45) is 5.92 Å². The Labute approximate surface area is 158 Å². The van der Waals surface area contributed by atoms with Crippen molar-refractivity contribution in [2.45, 2.75) is 19.4 Å². The van der Waals surface area contributed by atoms with Gasteiger partial charge in [0.1, 0.15) is 0 Å². The number of methoxy groups -OCH3 is 1. The third-order valence-corrected chi connectivity index (χ3v) is 4.63. The molecule has 0 amide bonds. The van der Waals surface area contributed by atoms with Gasteiger partial charge in [0.05, 0.1) is 23.4 Å². The summed E-state index contributed by atoms with van der Waals surface area (Å²) in [7, 11) is 1.68. The highest BCUT2D eigenvalue weighted by molar-refractivity contribution is 5.80. The predicted molar refractivity (Wildman–Crippen MR) is 107 cm³/mol. The minimum Gasteiger partial charge on any atom is -0.396 e. The monoisotopic (exact) mass is 364 g/mol. The molecule has 0 fully saturated rings. The van der Waals surface area contributed by atoms with E-state index in [1.807, 2.05) is 60.7 Å². The van der Waals surface area contributed by atoms with E-state index in [4.69, 9.17) is 9.84 Å². The fourth-order valence-corrected chi connectivity index (χ4v) is 3.22. The second kappa shape index (κ2) is 8.75. The van der Waals surface area contributed by atoms with Crippen LogP contribution in [0.3, 0.4) is 0 Å². The Morgan fingerprint density at radius 1 is 1.19 bits per heavy atom. The van der Waals surface area contributed by atoms with Crippen LogP contribution in [-0.2, 0) is 4.74 Å². The SMILES string of the molecule is CO[C@H](c1ccc(-n2ncc3ccccc3c2=O)cc1)[C@H](C)/C=C/CCO. The minimum absolute atomic E-state index is 0.102. The normalized spacial score (nSPS) is 13.9. The number of rotatable bonds is 7. The van der Waals surface area contributed by atoms with Crippen molar-refractivity contribution in [3.8, 4) is 5.69 Å². The summed E-state index contributed by atoms with van der Waals surface area (Å²) in [6, 6.07) is 15.1. The maximum atomic E-state index is 12.7. The van der Waals surface area contributed by atoms with Gasteiger partial charge < -0.3 is 9.84 Å². The van der Waals surface area contributed by atoms with Crippen LogP contribution in [0.15, 0.2) is 71.7 Å².